The van der Waals surface area contributed by atoms with Crippen molar-refractivity contribution in [3.05, 3.63) is 100.0 Å². The summed E-state index contributed by atoms with van der Waals surface area (Å²) in [5, 5.41) is 2.71. The van der Waals surface area contributed by atoms with Crippen LogP contribution in [-0.2, 0) is 31.5 Å². The van der Waals surface area contributed by atoms with Gasteiger partial charge in [-0.25, -0.2) is 14.2 Å². The smallest absolute Gasteiger partial charge is 0.329 e. The lowest BCUT2D eigenvalue weighted by atomic mass is 10.0. The molecule has 10 heteroatoms. The average molecular weight is 574 g/mol. The van der Waals surface area contributed by atoms with E-state index in [1.165, 1.54) is 17.2 Å². The van der Waals surface area contributed by atoms with Gasteiger partial charge in [0.1, 0.15) is 29.8 Å². The van der Waals surface area contributed by atoms with Crippen LogP contribution in [0.4, 0.5) is 15.0 Å². The highest BCUT2D eigenvalue weighted by molar-refractivity contribution is 6.31. The number of rotatable bonds is 7. The Hall–Kier alpha value is -4.21. The van der Waals surface area contributed by atoms with Crippen LogP contribution in [0.2, 0.25) is 5.02 Å². The highest BCUT2D eigenvalue weighted by atomic mass is 35.5. The Balaban J connectivity index is 1.12. The van der Waals surface area contributed by atoms with Crippen molar-refractivity contribution in [3.63, 3.8) is 0 Å². The van der Waals surface area contributed by atoms with Crippen LogP contribution in [0.15, 0.2) is 66.9 Å². The van der Waals surface area contributed by atoms with Crippen molar-refractivity contribution >= 4 is 29.4 Å². The minimum atomic E-state index is -0.427. The van der Waals surface area contributed by atoms with Crippen molar-refractivity contribution in [3.8, 4) is 17.1 Å². The third-order valence-corrected chi connectivity index (χ3v) is 8.17. The molecule has 3 amide bonds. The summed E-state index contributed by atoms with van der Waals surface area (Å²) in [7, 11) is 1.88. The number of anilines is 1. The van der Waals surface area contributed by atoms with E-state index in [0.717, 1.165) is 30.0 Å². The summed E-state index contributed by atoms with van der Waals surface area (Å²) in [6.45, 7) is 4.15. The maximum Gasteiger partial charge on any atom is 0.329 e. The number of benzene rings is 3. The van der Waals surface area contributed by atoms with E-state index in [2.05, 4.69) is 40.3 Å². The summed E-state index contributed by atoms with van der Waals surface area (Å²) in [4.78, 5) is 32.4. The Bertz CT molecular complexity index is 1620. The second-order valence-corrected chi connectivity index (χ2v) is 10.8. The molecule has 3 aromatic carbocycles. The number of hydrogen-bond acceptors (Lipinski definition) is 5. The summed E-state index contributed by atoms with van der Waals surface area (Å²) in [5.74, 6) is 1.41. The molecule has 0 aliphatic carbocycles. The summed E-state index contributed by atoms with van der Waals surface area (Å²) < 4.78 is 21.7. The SMILES string of the molecule is CC1c2ccc(-c3ncc(N4CCC(=O)NC4=O)n3C)cc2CN1Cc1ccc(OCc2c(F)cccc2Cl)cc1. The molecular weight excluding hydrogens is 545 g/mol. The molecule has 0 bridgehead atoms. The summed E-state index contributed by atoms with van der Waals surface area (Å²) in [5.41, 5.74) is 4.97. The number of imide groups is 1. The monoisotopic (exact) mass is 573 g/mol. The molecule has 0 radical (unpaired) electrons. The van der Waals surface area contributed by atoms with Crippen LogP contribution < -0.4 is 15.0 Å². The number of halogens is 2. The van der Waals surface area contributed by atoms with Crippen LogP contribution >= 0.6 is 11.6 Å². The predicted molar refractivity (Wildman–Crippen MR) is 154 cm³/mol. The fraction of sp³-hybridized carbons (Fsp3) is 0.258. The maximum atomic E-state index is 14.0. The summed E-state index contributed by atoms with van der Waals surface area (Å²) in [6, 6.07) is 18.6. The number of ether oxygens (including phenoxy) is 1. The molecule has 2 aliphatic rings. The van der Waals surface area contributed by atoms with Gasteiger partial charge >= 0.3 is 6.03 Å². The van der Waals surface area contributed by atoms with Gasteiger partial charge in [-0.3, -0.25) is 19.9 Å². The highest BCUT2D eigenvalue weighted by Crippen LogP contribution is 2.37. The van der Waals surface area contributed by atoms with E-state index in [-0.39, 0.29) is 30.8 Å². The third-order valence-electron chi connectivity index (χ3n) is 7.82. The molecule has 8 nitrogen and oxygen atoms in total. The third kappa shape index (κ3) is 5.30. The molecule has 0 spiro atoms. The molecule has 1 atom stereocenters. The summed E-state index contributed by atoms with van der Waals surface area (Å²) >= 11 is 6.11. The van der Waals surface area contributed by atoms with Crippen molar-refractivity contribution in [2.75, 3.05) is 11.4 Å². The van der Waals surface area contributed by atoms with Gasteiger partial charge in [0, 0.05) is 50.3 Å². The van der Waals surface area contributed by atoms with Gasteiger partial charge in [-0.2, -0.15) is 0 Å². The molecule has 1 aromatic heterocycles. The molecule has 1 fully saturated rings. The fourth-order valence-electron chi connectivity index (χ4n) is 5.49. The van der Waals surface area contributed by atoms with Gasteiger partial charge in [-0.05, 0) is 53.9 Å². The van der Waals surface area contributed by atoms with E-state index in [4.69, 9.17) is 16.3 Å². The lowest BCUT2D eigenvalue weighted by Crippen LogP contribution is -2.50. The van der Waals surface area contributed by atoms with Crippen LogP contribution in [0, 0.1) is 5.82 Å². The molecular formula is C31H29ClFN5O3. The number of amides is 3. The van der Waals surface area contributed by atoms with Gasteiger partial charge < -0.3 is 9.30 Å². The Morgan fingerprint density at radius 1 is 1.12 bits per heavy atom. The van der Waals surface area contributed by atoms with Crippen LogP contribution in [0.1, 0.15) is 41.6 Å². The number of imidazole rings is 1. The normalized spacial score (nSPS) is 17.1. The Labute approximate surface area is 242 Å². The van der Waals surface area contributed by atoms with Gasteiger partial charge in [-0.1, -0.05) is 41.9 Å². The van der Waals surface area contributed by atoms with E-state index >= 15 is 0 Å². The van der Waals surface area contributed by atoms with Gasteiger partial charge in [0.15, 0.2) is 0 Å². The lowest BCUT2D eigenvalue weighted by molar-refractivity contribution is -0.120. The second kappa shape index (κ2) is 11.0. The van der Waals surface area contributed by atoms with E-state index in [0.29, 0.717) is 28.7 Å². The van der Waals surface area contributed by atoms with Gasteiger partial charge in [-0.15, -0.1) is 0 Å². The zero-order chi connectivity index (χ0) is 28.7. The number of carbonyl (C=O) groups is 2. The largest absolute Gasteiger partial charge is 0.489 e. The molecule has 6 rings (SSSR count). The Kier molecular flexibility index (Phi) is 7.23. The lowest BCUT2D eigenvalue weighted by Gasteiger charge is -2.26. The molecule has 210 valence electrons. The number of nitrogens with zero attached hydrogens (tertiary/aromatic N) is 4. The Morgan fingerprint density at radius 2 is 1.93 bits per heavy atom. The average Bonchev–Trinajstić information content (AvgIpc) is 3.48. The molecule has 2 aliphatic heterocycles. The first-order chi connectivity index (χ1) is 19.8. The topological polar surface area (TPSA) is 79.7 Å². The quantitative estimate of drug-likeness (QED) is 0.294. The number of aromatic nitrogens is 2. The van der Waals surface area contributed by atoms with Gasteiger partial charge in [0.2, 0.25) is 5.91 Å². The van der Waals surface area contributed by atoms with E-state index in [1.807, 2.05) is 35.9 Å². The highest BCUT2D eigenvalue weighted by Gasteiger charge is 2.29. The molecule has 1 N–H and O–H groups in total. The molecule has 0 saturated carbocycles. The number of fused-ring (bicyclic) bond motifs is 1. The number of hydrogen-bond donors (Lipinski definition) is 1. The van der Waals surface area contributed by atoms with Crippen molar-refractivity contribution in [1.29, 1.82) is 0 Å². The molecule has 1 saturated heterocycles. The van der Waals surface area contributed by atoms with Crippen LogP contribution in [-0.4, -0.2) is 32.9 Å². The maximum absolute atomic E-state index is 14.0. The van der Waals surface area contributed by atoms with Crippen LogP contribution in [0.3, 0.4) is 0 Å². The minimum Gasteiger partial charge on any atom is -0.489 e. The number of urea groups is 1. The minimum absolute atomic E-state index is 0.0635. The first-order valence-electron chi connectivity index (χ1n) is 13.4. The zero-order valence-electron chi connectivity index (χ0n) is 22.7. The van der Waals surface area contributed by atoms with Crippen molar-refractivity contribution in [1.82, 2.24) is 19.8 Å². The van der Waals surface area contributed by atoms with Gasteiger partial charge in [0.25, 0.3) is 0 Å². The van der Waals surface area contributed by atoms with Gasteiger partial charge in [0.05, 0.1) is 11.2 Å². The Morgan fingerprint density at radius 3 is 2.68 bits per heavy atom. The molecule has 4 aromatic rings. The molecule has 41 heavy (non-hydrogen) atoms. The molecule has 3 heterocycles. The van der Waals surface area contributed by atoms with Crippen molar-refractivity contribution in [2.24, 2.45) is 7.05 Å². The van der Waals surface area contributed by atoms with Crippen molar-refractivity contribution in [2.45, 2.75) is 39.1 Å². The predicted octanol–water partition coefficient (Wildman–Crippen LogP) is 5.98. The second-order valence-electron chi connectivity index (χ2n) is 10.4. The van der Waals surface area contributed by atoms with Crippen LogP contribution in [0.25, 0.3) is 11.4 Å². The van der Waals surface area contributed by atoms with Crippen molar-refractivity contribution < 1.29 is 18.7 Å². The number of nitrogens with one attached hydrogen (secondary N) is 1. The fourth-order valence-corrected chi connectivity index (χ4v) is 5.71. The van der Waals surface area contributed by atoms with E-state index < -0.39 is 6.03 Å². The number of carbonyl (C=O) groups excluding carboxylic acids is 2. The van der Waals surface area contributed by atoms with E-state index in [1.54, 1.807) is 23.2 Å². The molecule has 1 unspecified atom stereocenters. The first-order valence-corrected chi connectivity index (χ1v) is 13.8. The van der Waals surface area contributed by atoms with Crippen LogP contribution in [0.5, 0.6) is 5.75 Å². The summed E-state index contributed by atoms with van der Waals surface area (Å²) in [6.07, 6.45) is 1.93. The van der Waals surface area contributed by atoms with E-state index in [9.17, 15) is 14.0 Å². The zero-order valence-corrected chi connectivity index (χ0v) is 23.5. The standard InChI is InChI=1S/C31H29ClFN5O3/c1-19-24-11-8-21(30-34-15-29(36(30)2)38-13-12-28(39)35-31(38)40)14-22(24)17-37(19)16-20-6-9-23(10-7-20)41-18-25-26(32)4-3-5-27(25)33/h3-11,14-15,19H,12-13,16-18H2,1-2H3,(H,35,39,40). The first kappa shape index (κ1) is 27.0.